The zero-order valence-corrected chi connectivity index (χ0v) is 14.5. The molecule has 1 saturated carbocycles. The number of hydrogen-bond acceptors (Lipinski definition) is 5. The molecule has 0 radical (unpaired) electrons. The fraction of sp³-hybridized carbons (Fsp3) is 0.333. The quantitative estimate of drug-likeness (QED) is 0.363. The van der Waals surface area contributed by atoms with Gasteiger partial charge in [-0.25, -0.2) is 9.67 Å². The third-order valence-electron chi connectivity index (χ3n) is 3.97. The first kappa shape index (κ1) is 18.7. The topological polar surface area (TPSA) is 89.1 Å². The van der Waals surface area contributed by atoms with E-state index in [1.165, 1.54) is 22.9 Å². The first-order chi connectivity index (χ1) is 13.0. The lowest BCUT2D eigenvalue weighted by molar-refractivity contribution is -0.0498. The Morgan fingerprint density at radius 1 is 1.30 bits per heavy atom. The summed E-state index contributed by atoms with van der Waals surface area (Å²) in [6, 6.07) is 8.91. The molecule has 7 nitrogen and oxygen atoms in total. The summed E-state index contributed by atoms with van der Waals surface area (Å²) in [7, 11) is 0. The number of aromatic nitrogens is 2. The van der Waals surface area contributed by atoms with Crippen LogP contribution >= 0.6 is 0 Å². The number of aliphatic imine (C=N–C) groups is 1. The fourth-order valence-corrected chi connectivity index (χ4v) is 2.51. The van der Waals surface area contributed by atoms with Crippen molar-refractivity contribution in [2.24, 2.45) is 16.1 Å². The van der Waals surface area contributed by atoms with Gasteiger partial charge in [0.2, 0.25) is 0 Å². The zero-order valence-electron chi connectivity index (χ0n) is 14.5. The number of ether oxygens (including phenoxy) is 1. The van der Waals surface area contributed by atoms with Crippen LogP contribution in [0.1, 0.15) is 19.8 Å². The van der Waals surface area contributed by atoms with Gasteiger partial charge in [-0.15, -0.1) is 0 Å². The van der Waals surface area contributed by atoms with Crippen molar-refractivity contribution in [3.8, 4) is 17.0 Å². The molecule has 1 N–H and O–H groups in total. The highest BCUT2D eigenvalue weighted by molar-refractivity contribution is 5.98. The molecule has 1 fully saturated rings. The van der Waals surface area contributed by atoms with Crippen LogP contribution in [0.25, 0.3) is 11.3 Å². The van der Waals surface area contributed by atoms with Crippen molar-refractivity contribution in [2.75, 3.05) is 0 Å². The number of halogens is 2. The normalized spacial score (nSPS) is 15.3. The van der Waals surface area contributed by atoms with Crippen molar-refractivity contribution in [1.82, 2.24) is 9.78 Å². The average molecular weight is 376 g/mol. The van der Waals surface area contributed by atoms with Gasteiger partial charge in [-0.05, 0) is 50.1 Å². The van der Waals surface area contributed by atoms with Crippen LogP contribution < -0.4 is 10.3 Å². The zero-order chi connectivity index (χ0) is 19.4. The van der Waals surface area contributed by atoms with Gasteiger partial charge >= 0.3 is 6.61 Å². The number of alkyl halides is 2. The molecule has 9 heteroatoms. The van der Waals surface area contributed by atoms with Gasteiger partial charge < -0.3 is 9.94 Å². The summed E-state index contributed by atoms with van der Waals surface area (Å²) < 4.78 is 30.0. The molecular formula is C18H18F2N4O3. The monoisotopic (exact) mass is 376 g/mol. The van der Waals surface area contributed by atoms with Gasteiger partial charge in [0.15, 0.2) is 5.84 Å². The van der Waals surface area contributed by atoms with Gasteiger partial charge in [0.25, 0.3) is 5.56 Å². The fourth-order valence-electron chi connectivity index (χ4n) is 2.51. The highest BCUT2D eigenvalue weighted by Crippen LogP contribution is 2.31. The van der Waals surface area contributed by atoms with E-state index in [2.05, 4.69) is 20.0 Å². The summed E-state index contributed by atoms with van der Waals surface area (Å²) >= 11 is 0. The molecule has 1 aromatic heterocycles. The summed E-state index contributed by atoms with van der Waals surface area (Å²) in [5.41, 5.74) is 1.43. The van der Waals surface area contributed by atoms with Gasteiger partial charge in [-0.2, -0.15) is 13.9 Å². The predicted molar refractivity (Wildman–Crippen MR) is 95.6 cm³/mol. The molecular weight excluding hydrogens is 358 g/mol. The van der Waals surface area contributed by atoms with Crippen molar-refractivity contribution in [3.05, 3.63) is 46.8 Å². The van der Waals surface area contributed by atoms with Gasteiger partial charge in [0.1, 0.15) is 5.75 Å². The second-order valence-electron chi connectivity index (χ2n) is 6.20. The number of amidine groups is 1. The number of oxime groups is 1. The van der Waals surface area contributed by atoms with Crippen LogP contribution in [0.5, 0.6) is 5.75 Å². The Morgan fingerprint density at radius 2 is 2.00 bits per heavy atom. The first-order valence-electron chi connectivity index (χ1n) is 8.36. The van der Waals surface area contributed by atoms with E-state index in [0.29, 0.717) is 22.8 Å². The molecule has 0 saturated heterocycles. The molecule has 0 spiro atoms. The number of benzene rings is 1. The molecule has 142 valence electrons. The van der Waals surface area contributed by atoms with Crippen LogP contribution in [-0.2, 0) is 6.54 Å². The summed E-state index contributed by atoms with van der Waals surface area (Å²) in [5, 5.41) is 16.5. The van der Waals surface area contributed by atoms with Crippen molar-refractivity contribution in [2.45, 2.75) is 32.9 Å². The van der Waals surface area contributed by atoms with E-state index in [1.807, 2.05) is 0 Å². The Balaban J connectivity index is 1.79. The van der Waals surface area contributed by atoms with E-state index in [0.717, 1.165) is 12.8 Å². The lowest BCUT2D eigenvalue weighted by Crippen LogP contribution is -2.25. The third-order valence-corrected chi connectivity index (χ3v) is 3.97. The molecule has 27 heavy (non-hydrogen) atoms. The van der Waals surface area contributed by atoms with Crippen LogP contribution in [0, 0.1) is 5.92 Å². The highest BCUT2D eigenvalue weighted by Gasteiger charge is 2.28. The van der Waals surface area contributed by atoms with E-state index in [1.54, 1.807) is 25.1 Å². The van der Waals surface area contributed by atoms with E-state index < -0.39 is 6.61 Å². The molecule has 3 rings (SSSR count). The maximum atomic E-state index is 12.2. The van der Waals surface area contributed by atoms with Crippen molar-refractivity contribution in [3.63, 3.8) is 0 Å². The van der Waals surface area contributed by atoms with Crippen molar-refractivity contribution < 1.29 is 18.7 Å². The highest BCUT2D eigenvalue weighted by atomic mass is 19.3. The minimum absolute atomic E-state index is 0.0425. The van der Waals surface area contributed by atoms with Gasteiger partial charge in [-0.1, -0.05) is 5.16 Å². The Hall–Kier alpha value is -3.10. The smallest absolute Gasteiger partial charge is 0.387 e. The number of rotatable bonds is 6. The van der Waals surface area contributed by atoms with Gasteiger partial charge in [0.05, 0.1) is 12.2 Å². The summed E-state index contributed by atoms with van der Waals surface area (Å²) in [5.74, 6) is 0.585. The molecule has 1 aromatic carbocycles. The molecule has 0 aliphatic heterocycles. The Morgan fingerprint density at radius 3 is 2.59 bits per heavy atom. The second kappa shape index (κ2) is 8.07. The molecule has 1 heterocycles. The minimum atomic E-state index is -2.89. The van der Waals surface area contributed by atoms with E-state index in [4.69, 9.17) is 5.21 Å². The lowest BCUT2D eigenvalue weighted by Gasteiger charge is -2.08. The Kier molecular flexibility index (Phi) is 5.58. The maximum Gasteiger partial charge on any atom is 0.387 e. The van der Waals surface area contributed by atoms with E-state index in [-0.39, 0.29) is 23.8 Å². The molecule has 0 atom stereocenters. The third kappa shape index (κ3) is 4.96. The standard InChI is InChI=1S/C18H18F2N4O3/c1-11(21-17(23-26)13-2-3-13)10-24-16(25)9-8-15(22-24)12-4-6-14(7-5-12)27-18(19)20/h4-9,13,18,26H,2-3,10H2,1H3/b21-11?,23-17-. The second-order valence-corrected chi connectivity index (χ2v) is 6.20. The number of hydrogen-bond donors (Lipinski definition) is 1. The van der Waals surface area contributed by atoms with Gasteiger partial charge in [0, 0.05) is 23.3 Å². The first-order valence-corrected chi connectivity index (χ1v) is 8.36. The summed E-state index contributed by atoms with van der Waals surface area (Å²) in [6.07, 6.45) is 1.88. The van der Waals surface area contributed by atoms with Gasteiger partial charge in [-0.3, -0.25) is 4.79 Å². The molecule has 1 aliphatic carbocycles. The van der Waals surface area contributed by atoms with Crippen LogP contribution in [0.15, 0.2) is 51.3 Å². The predicted octanol–water partition coefficient (Wildman–Crippen LogP) is 3.17. The van der Waals surface area contributed by atoms with E-state index >= 15 is 0 Å². The Bertz CT molecular complexity index is 919. The number of nitrogens with zero attached hydrogens (tertiary/aromatic N) is 4. The molecule has 0 amide bonds. The average Bonchev–Trinajstić information content (AvgIpc) is 3.47. The molecule has 2 aromatic rings. The Labute approximate surface area is 153 Å². The molecule has 1 aliphatic rings. The van der Waals surface area contributed by atoms with Crippen LogP contribution in [0.3, 0.4) is 0 Å². The maximum absolute atomic E-state index is 12.2. The molecule has 0 bridgehead atoms. The van der Waals surface area contributed by atoms with Crippen LogP contribution in [0.2, 0.25) is 0 Å². The lowest BCUT2D eigenvalue weighted by atomic mass is 10.1. The summed E-state index contributed by atoms with van der Waals surface area (Å²) in [4.78, 5) is 16.3. The largest absolute Gasteiger partial charge is 0.435 e. The van der Waals surface area contributed by atoms with E-state index in [9.17, 15) is 13.6 Å². The summed E-state index contributed by atoms with van der Waals surface area (Å²) in [6.45, 7) is -1.02. The SMILES string of the molecule is CC(Cn1nc(-c2ccc(OC(F)F)cc2)ccc1=O)=N/C(=N\O)C1CC1. The molecule has 0 unspecified atom stereocenters. The van der Waals surface area contributed by atoms with Crippen LogP contribution in [0.4, 0.5) is 8.78 Å². The van der Waals surface area contributed by atoms with Crippen molar-refractivity contribution >= 4 is 11.5 Å². The van der Waals surface area contributed by atoms with Crippen molar-refractivity contribution in [1.29, 1.82) is 0 Å². The van der Waals surface area contributed by atoms with Crippen LogP contribution in [-0.4, -0.2) is 33.1 Å². The minimum Gasteiger partial charge on any atom is -0.435 e.